The van der Waals surface area contributed by atoms with Gasteiger partial charge in [0.05, 0.1) is 11.9 Å². The molecule has 1 amide bonds. The highest BCUT2D eigenvalue weighted by Gasteiger charge is 2.09. The average molecular weight is 335 g/mol. The van der Waals surface area contributed by atoms with Gasteiger partial charge in [-0.1, -0.05) is 13.0 Å². The Kier molecular flexibility index (Phi) is 4.98. The van der Waals surface area contributed by atoms with Gasteiger partial charge >= 0.3 is 0 Å². The number of anilines is 1. The summed E-state index contributed by atoms with van der Waals surface area (Å²) in [5.74, 6) is 0.626. The number of rotatable bonds is 5. The Balaban J connectivity index is 1.73. The number of carbonyl (C=O) groups excluding carboxylic acids is 1. The molecule has 8 nitrogen and oxygen atoms in total. The Morgan fingerprint density at radius 1 is 0.920 bits per heavy atom. The number of hydrogen-bond acceptors (Lipinski definition) is 7. The molecule has 0 bridgehead atoms. The molecule has 0 aliphatic rings. The minimum absolute atomic E-state index is 0.0356. The van der Waals surface area contributed by atoms with Gasteiger partial charge in [-0.05, 0) is 37.1 Å². The van der Waals surface area contributed by atoms with E-state index in [1.165, 1.54) is 0 Å². The van der Waals surface area contributed by atoms with Crippen molar-refractivity contribution in [3.05, 3.63) is 42.2 Å². The molecule has 1 N–H and O–H groups in total. The van der Waals surface area contributed by atoms with Crippen molar-refractivity contribution >= 4 is 11.6 Å². The molecule has 0 fully saturated rings. The summed E-state index contributed by atoms with van der Waals surface area (Å²) in [7, 11) is 0. The van der Waals surface area contributed by atoms with Crippen LogP contribution < -0.4 is 5.32 Å². The van der Waals surface area contributed by atoms with Crippen molar-refractivity contribution in [1.82, 2.24) is 30.4 Å². The van der Waals surface area contributed by atoms with Gasteiger partial charge in [-0.25, -0.2) is 0 Å². The van der Waals surface area contributed by atoms with Crippen molar-refractivity contribution in [3.8, 4) is 23.0 Å². The van der Waals surface area contributed by atoms with E-state index in [9.17, 15) is 4.79 Å². The largest absolute Gasteiger partial charge is 0.325 e. The van der Waals surface area contributed by atoms with E-state index in [2.05, 4.69) is 35.7 Å². The highest BCUT2D eigenvalue weighted by molar-refractivity contribution is 5.90. The number of hydrogen-bond donors (Lipinski definition) is 1. The second-order valence-electron chi connectivity index (χ2n) is 5.50. The fourth-order valence-corrected chi connectivity index (χ4v) is 2.09. The molecule has 8 heteroatoms. The van der Waals surface area contributed by atoms with E-state index in [0.717, 1.165) is 12.0 Å². The number of aromatic nitrogens is 6. The molecule has 0 aliphatic heterocycles. The predicted octanol–water partition coefficient (Wildman–Crippen LogP) is 2.44. The van der Waals surface area contributed by atoms with E-state index in [1.807, 2.05) is 26.0 Å². The summed E-state index contributed by atoms with van der Waals surface area (Å²) in [6.45, 7) is 3.91. The van der Waals surface area contributed by atoms with Crippen LogP contribution in [0.1, 0.15) is 25.3 Å². The monoisotopic (exact) mass is 335 g/mol. The van der Waals surface area contributed by atoms with Crippen LogP contribution in [0.2, 0.25) is 0 Å². The van der Waals surface area contributed by atoms with Crippen molar-refractivity contribution in [1.29, 1.82) is 0 Å². The molecular formula is C17H17N7O. The molecule has 0 saturated heterocycles. The molecule has 0 unspecified atom stereocenters. The Labute approximate surface area is 144 Å². The lowest BCUT2D eigenvalue weighted by molar-refractivity contribution is -0.116. The molecule has 25 heavy (non-hydrogen) atoms. The van der Waals surface area contributed by atoms with Gasteiger partial charge in [-0.2, -0.15) is 0 Å². The maximum Gasteiger partial charge on any atom is 0.224 e. The fourth-order valence-electron chi connectivity index (χ4n) is 2.09. The van der Waals surface area contributed by atoms with Crippen LogP contribution in [0.25, 0.3) is 23.0 Å². The Morgan fingerprint density at radius 3 is 2.00 bits per heavy atom. The summed E-state index contributed by atoms with van der Waals surface area (Å²) in [5.41, 5.74) is 2.82. The molecule has 0 saturated carbocycles. The third-order valence-electron chi connectivity index (χ3n) is 3.37. The highest BCUT2D eigenvalue weighted by atomic mass is 16.1. The van der Waals surface area contributed by atoms with E-state index in [1.54, 1.807) is 24.5 Å². The first-order chi connectivity index (χ1) is 12.2. The Hall–Kier alpha value is -3.29. The number of amides is 1. The number of nitrogens with zero attached hydrogens (tertiary/aromatic N) is 6. The van der Waals surface area contributed by atoms with Gasteiger partial charge in [0.15, 0.2) is 0 Å². The normalized spacial score (nSPS) is 10.5. The number of pyridine rings is 2. The van der Waals surface area contributed by atoms with E-state index in [0.29, 0.717) is 35.1 Å². The van der Waals surface area contributed by atoms with Gasteiger partial charge in [-0.3, -0.25) is 14.8 Å². The fraction of sp³-hybridized carbons (Fsp3) is 0.235. The minimum atomic E-state index is -0.0356. The van der Waals surface area contributed by atoms with Crippen LogP contribution in [0, 0.1) is 6.92 Å². The SMILES string of the molecule is CCCC(=O)Nc1ccc(-c2nnc(-c3ccc(C)cn3)nn2)nc1. The minimum Gasteiger partial charge on any atom is -0.325 e. The number of nitrogens with one attached hydrogen (secondary N) is 1. The lowest BCUT2D eigenvalue weighted by Gasteiger charge is -2.04. The van der Waals surface area contributed by atoms with Crippen molar-refractivity contribution < 1.29 is 4.79 Å². The highest BCUT2D eigenvalue weighted by Crippen LogP contribution is 2.15. The van der Waals surface area contributed by atoms with E-state index in [4.69, 9.17) is 0 Å². The topological polar surface area (TPSA) is 106 Å². The van der Waals surface area contributed by atoms with Crippen molar-refractivity contribution in [3.63, 3.8) is 0 Å². The van der Waals surface area contributed by atoms with Gasteiger partial charge in [0, 0.05) is 12.6 Å². The first-order valence-corrected chi connectivity index (χ1v) is 7.92. The lowest BCUT2D eigenvalue weighted by Crippen LogP contribution is -2.10. The van der Waals surface area contributed by atoms with Crippen molar-refractivity contribution in [2.75, 3.05) is 5.32 Å². The van der Waals surface area contributed by atoms with Gasteiger partial charge in [0.25, 0.3) is 0 Å². The van der Waals surface area contributed by atoms with Gasteiger partial charge in [0.1, 0.15) is 11.4 Å². The predicted molar refractivity (Wildman–Crippen MR) is 92.4 cm³/mol. The second-order valence-corrected chi connectivity index (χ2v) is 5.50. The molecule has 0 spiro atoms. The smallest absolute Gasteiger partial charge is 0.224 e. The van der Waals surface area contributed by atoms with E-state index < -0.39 is 0 Å². The molecule has 0 atom stereocenters. The molecule has 0 aliphatic carbocycles. The molecule has 3 rings (SSSR count). The molecule has 3 aromatic rings. The molecule has 0 radical (unpaired) electrons. The summed E-state index contributed by atoms with van der Waals surface area (Å²) in [6, 6.07) is 7.20. The van der Waals surface area contributed by atoms with Crippen LogP contribution in [-0.4, -0.2) is 36.3 Å². The zero-order valence-electron chi connectivity index (χ0n) is 14.0. The third-order valence-corrected chi connectivity index (χ3v) is 3.37. The Morgan fingerprint density at radius 2 is 1.52 bits per heavy atom. The summed E-state index contributed by atoms with van der Waals surface area (Å²) in [5, 5.41) is 19.0. The van der Waals surface area contributed by atoms with E-state index in [-0.39, 0.29) is 5.91 Å². The zero-order valence-corrected chi connectivity index (χ0v) is 14.0. The molecular weight excluding hydrogens is 318 g/mol. The Bertz CT molecular complexity index is 846. The molecule has 3 heterocycles. The van der Waals surface area contributed by atoms with E-state index >= 15 is 0 Å². The average Bonchev–Trinajstić information content (AvgIpc) is 2.63. The maximum absolute atomic E-state index is 11.6. The third kappa shape index (κ3) is 4.17. The standard InChI is InChI=1S/C17H17N7O/c1-3-4-15(25)20-12-6-8-14(19-10-12)17-23-21-16(22-24-17)13-7-5-11(2)9-18-13/h5-10H,3-4H2,1-2H3,(H,20,25). The van der Waals surface area contributed by atoms with Crippen LogP contribution >= 0.6 is 0 Å². The van der Waals surface area contributed by atoms with Gasteiger partial charge in [-0.15, -0.1) is 20.4 Å². The van der Waals surface area contributed by atoms with Crippen molar-refractivity contribution in [2.24, 2.45) is 0 Å². The first kappa shape index (κ1) is 16.6. The zero-order chi connectivity index (χ0) is 17.6. The van der Waals surface area contributed by atoms with Crippen LogP contribution in [0.5, 0.6) is 0 Å². The molecule has 3 aromatic heterocycles. The lowest BCUT2D eigenvalue weighted by atomic mass is 10.3. The van der Waals surface area contributed by atoms with Gasteiger partial charge in [0.2, 0.25) is 17.6 Å². The summed E-state index contributed by atoms with van der Waals surface area (Å²) in [4.78, 5) is 20.1. The quantitative estimate of drug-likeness (QED) is 0.763. The van der Waals surface area contributed by atoms with Crippen LogP contribution in [-0.2, 0) is 4.79 Å². The number of carbonyl (C=O) groups is 1. The van der Waals surface area contributed by atoms with Crippen molar-refractivity contribution in [2.45, 2.75) is 26.7 Å². The maximum atomic E-state index is 11.6. The van der Waals surface area contributed by atoms with Crippen LogP contribution in [0.3, 0.4) is 0 Å². The van der Waals surface area contributed by atoms with Crippen LogP contribution in [0.15, 0.2) is 36.7 Å². The summed E-state index contributed by atoms with van der Waals surface area (Å²) >= 11 is 0. The molecule has 0 aromatic carbocycles. The van der Waals surface area contributed by atoms with Crippen LogP contribution in [0.4, 0.5) is 5.69 Å². The summed E-state index contributed by atoms with van der Waals surface area (Å²) < 4.78 is 0. The molecule has 126 valence electrons. The summed E-state index contributed by atoms with van der Waals surface area (Å²) in [6.07, 6.45) is 4.57. The first-order valence-electron chi connectivity index (χ1n) is 7.92. The van der Waals surface area contributed by atoms with Gasteiger partial charge < -0.3 is 5.32 Å². The number of aryl methyl sites for hydroxylation is 1. The second kappa shape index (κ2) is 7.52.